The van der Waals surface area contributed by atoms with Crippen LogP contribution >= 0.6 is 0 Å². The lowest BCUT2D eigenvalue weighted by Gasteiger charge is -2.10. The summed E-state index contributed by atoms with van der Waals surface area (Å²) in [6.07, 6.45) is 0.681. The quantitative estimate of drug-likeness (QED) is 0.400. The van der Waals surface area contributed by atoms with Crippen molar-refractivity contribution in [3.8, 4) is 23.0 Å². The zero-order chi connectivity index (χ0) is 22.5. The largest absolute Gasteiger partial charge is 0.493 e. The van der Waals surface area contributed by atoms with E-state index in [1.807, 2.05) is 73.7 Å². The number of ether oxygens (including phenoxy) is 3. The highest BCUT2D eigenvalue weighted by molar-refractivity contribution is 5.98. The molecular weight excluding hydrogens is 404 g/mol. The van der Waals surface area contributed by atoms with E-state index in [1.54, 1.807) is 14.2 Å². The van der Waals surface area contributed by atoms with Crippen LogP contribution in [0, 0.1) is 6.92 Å². The number of amides is 1. The average Bonchev–Trinajstić information content (AvgIpc) is 3.22. The first kappa shape index (κ1) is 21.3. The third-order valence-corrected chi connectivity index (χ3v) is 5.21. The number of aromatic amines is 1. The van der Waals surface area contributed by atoms with E-state index in [0.717, 1.165) is 33.5 Å². The number of methoxy groups -OCH3 is 2. The number of rotatable bonds is 8. The minimum Gasteiger partial charge on any atom is -0.493 e. The summed E-state index contributed by atoms with van der Waals surface area (Å²) in [6, 6.07) is 21.2. The number of hydrogen-bond acceptors (Lipinski definition) is 4. The molecule has 6 nitrogen and oxygen atoms in total. The lowest BCUT2D eigenvalue weighted by atomic mass is 10.1. The van der Waals surface area contributed by atoms with E-state index in [2.05, 4.69) is 10.3 Å². The number of fused-ring (bicyclic) bond motifs is 1. The van der Waals surface area contributed by atoms with Gasteiger partial charge in [-0.3, -0.25) is 4.79 Å². The summed E-state index contributed by atoms with van der Waals surface area (Å²) in [5, 5.41) is 3.88. The zero-order valence-electron chi connectivity index (χ0n) is 18.4. The van der Waals surface area contributed by atoms with Crippen molar-refractivity contribution in [3.05, 3.63) is 83.6 Å². The van der Waals surface area contributed by atoms with Gasteiger partial charge < -0.3 is 24.5 Å². The summed E-state index contributed by atoms with van der Waals surface area (Å²) < 4.78 is 16.5. The second-order valence-electron chi connectivity index (χ2n) is 7.55. The van der Waals surface area contributed by atoms with E-state index in [0.29, 0.717) is 30.2 Å². The third-order valence-electron chi connectivity index (χ3n) is 5.21. The second-order valence-corrected chi connectivity index (χ2v) is 7.55. The number of aryl methyl sites for hydroxylation is 1. The van der Waals surface area contributed by atoms with Gasteiger partial charge in [-0.1, -0.05) is 18.2 Å². The molecule has 0 atom stereocenters. The van der Waals surface area contributed by atoms with Gasteiger partial charge in [-0.25, -0.2) is 0 Å². The first-order valence-corrected chi connectivity index (χ1v) is 10.4. The first-order valence-electron chi connectivity index (χ1n) is 10.4. The molecule has 32 heavy (non-hydrogen) atoms. The Kier molecular flexibility index (Phi) is 6.31. The molecule has 0 aliphatic heterocycles. The molecule has 3 aromatic carbocycles. The second kappa shape index (κ2) is 9.47. The molecule has 0 fully saturated rings. The molecule has 1 heterocycles. The monoisotopic (exact) mass is 430 g/mol. The van der Waals surface area contributed by atoms with Crippen LogP contribution in [0.4, 0.5) is 0 Å². The van der Waals surface area contributed by atoms with Crippen molar-refractivity contribution >= 4 is 16.8 Å². The SMILES string of the molecule is COc1ccc(CCNC(=O)c2cc3cc(Oc4cccc(C)c4)ccc3[nH]2)cc1OC. The van der Waals surface area contributed by atoms with Crippen LogP contribution in [0.1, 0.15) is 21.6 Å². The number of benzene rings is 3. The van der Waals surface area contributed by atoms with Gasteiger partial charge in [-0.2, -0.15) is 0 Å². The van der Waals surface area contributed by atoms with Crippen LogP contribution in [0.2, 0.25) is 0 Å². The van der Waals surface area contributed by atoms with Crippen LogP contribution < -0.4 is 19.5 Å². The highest BCUT2D eigenvalue weighted by Crippen LogP contribution is 2.28. The standard InChI is InChI=1S/C26H26N2O4/c1-17-5-4-6-20(13-17)32-21-8-9-22-19(15-21)16-23(28-22)26(29)27-12-11-18-7-10-24(30-2)25(14-18)31-3/h4-10,13-16,28H,11-12H2,1-3H3,(H,27,29). The van der Waals surface area contributed by atoms with Crippen molar-refractivity contribution in [2.45, 2.75) is 13.3 Å². The van der Waals surface area contributed by atoms with Crippen LogP contribution in [0.3, 0.4) is 0 Å². The molecule has 4 aromatic rings. The lowest BCUT2D eigenvalue weighted by Crippen LogP contribution is -2.25. The summed E-state index contributed by atoms with van der Waals surface area (Å²) >= 11 is 0. The summed E-state index contributed by atoms with van der Waals surface area (Å²) in [5.74, 6) is 2.72. The van der Waals surface area contributed by atoms with Crippen molar-refractivity contribution in [2.24, 2.45) is 0 Å². The number of aromatic nitrogens is 1. The van der Waals surface area contributed by atoms with E-state index in [4.69, 9.17) is 14.2 Å². The van der Waals surface area contributed by atoms with Crippen LogP contribution in [0.25, 0.3) is 10.9 Å². The van der Waals surface area contributed by atoms with E-state index >= 15 is 0 Å². The van der Waals surface area contributed by atoms with Crippen molar-refractivity contribution in [3.63, 3.8) is 0 Å². The maximum Gasteiger partial charge on any atom is 0.267 e. The van der Waals surface area contributed by atoms with Gasteiger partial charge in [0.25, 0.3) is 5.91 Å². The van der Waals surface area contributed by atoms with Crippen LogP contribution in [-0.2, 0) is 6.42 Å². The summed E-state index contributed by atoms with van der Waals surface area (Å²) in [6.45, 7) is 2.53. The molecule has 1 aromatic heterocycles. The molecule has 164 valence electrons. The van der Waals surface area contributed by atoms with Crippen molar-refractivity contribution in [1.29, 1.82) is 0 Å². The van der Waals surface area contributed by atoms with Crippen molar-refractivity contribution < 1.29 is 19.0 Å². The molecule has 0 radical (unpaired) electrons. The Bertz CT molecular complexity index is 1250. The van der Waals surface area contributed by atoms with Gasteiger partial charge in [-0.05, 0) is 73.0 Å². The number of carbonyl (C=O) groups excluding carboxylic acids is 1. The zero-order valence-corrected chi connectivity index (χ0v) is 18.4. The number of carbonyl (C=O) groups is 1. The third kappa shape index (κ3) is 4.86. The Morgan fingerprint density at radius 1 is 0.906 bits per heavy atom. The molecule has 1 amide bonds. The van der Waals surface area contributed by atoms with Gasteiger partial charge in [0.2, 0.25) is 0 Å². The summed E-state index contributed by atoms with van der Waals surface area (Å²) in [7, 11) is 3.21. The Hall–Kier alpha value is -3.93. The maximum absolute atomic E-state index is 12.6. The molecule has 0 aliphatic rings. The normalized spacial score (nSPS) is 10.7. The van der Waals surface area contributed by atoms with E-state index < -0.39 is 0 Å². The Balaban J connectivity index is 1.39. The van der Waals surface area contributed by atoms with Crippen molar-refractivity contribution in [1.82, 2.24) is 10.3 Å². The van der Waals surface area contributed by atoms with Crippen LogP contribution in [-0.4, -0.2) is 31.7 Å². The maximum atomic E-state index is 12.6. The minimum atomic E-state index is -0.150. The molecule has 0 bridgehead atoms. The predicted molar refractivity (Wildman–Crippen MR) is 125 cm³/mol. The Labute approximate surface area is 187 Å². The summed E-state index contributed by atoms with van der Waals surface area (Å²) in [4.78, 5) is 15.8. The fourth-order valence-corrected chi connectivity index (χ4v) is 3.56. The molecule has 0 aliphatic carbocycles. The molecule has 2 N–H and O–H groups in total. The molecule has 0 saturated carbocycles. The van der Waals surface area contributed by atoms with Gasteiger partial charge >= 0.3 is 0 Å². The van der Waals surface area contributed by atoms with Gasteiger partial charge in [0.05, 0.1) is 14.2 Å². The first-order chi connectivity index (χ1) is 15.6. The van der Waals surface area contributed by atoms with E-state index in [1.165, 1.54) is 0 Å². The highest BCUT2D eigenvalue weighted by Gasteiger charge is 2.11. The van der Waals surface area contributed by atoms with Gasteiger partial charge in [0.1, 0.15) is 17.2 Å². The van der Waals surface area contributed by atoms with Gasteiger partial charge in [0.15, 0.2) is 11.5 Å². The Morgan fingerprint density at radius 3 is 2.50 bits per heavy atom. The Morgan fingerprint density at radius 2 is 1.72 bits per heavy atom. The number of nitrogens with one attached hydrogen (secondary N) is 2. The van der Waals surface area contributed by atoms with Crippen LogP contribution in [0.5, 0.6) is 23.0 Å². The predicted octanol–water partition coefficient (Wildman–Crippen LogP) is 5.26. The molecule has 6 heteroatoms. The topological polar surface area (TPSA) is 72.6 Å². The highest BCUT2D eigenvalue weighted by atomic mass is 16.5. The van der Waals surface area contributed by atoms with Gasteiger partial charge in [0, 0.05) is 17.4 Å². The van der Waals surface area contributed by atoms with Crippen molar-refractivity contribution in [2.75, 3.05) is 20.8 Å². The smallest absolute Gasteiger partial charge is 0.267 e. The molecule has 0 unspecified atom stereocenters. The molecular formula is C26H26N2O4. The average molecular weight is 431 g/mol. The lowest BCUT2D eigenvalue weighted by molar-refractivity contribution is 0.0950. The fraction of sp³-hybridized carbons (Fsp3) is 0.192. The minimum absolute atomic E-state index is 0.150. The van der Waals surface area contributed by atoms with E-state index in [-0.39, 0.29) is 5.91 Å². The summed E-state index contributed by atoms with van der Waals surface area (Å²) in [5.41, 5.74) is 3.58. The fourth-order valence-electron chi connectivity index (χ4n) is 3.56. The molecule has 4 rings (SSSR count). The van der Waals surface area contributed by atoms with Gasteiger partial charge in [-0.15, -0.1) is 0 Å². The number of H-pyrrole nitrogens is 1. The number of hydrogen-bond donors (Lipinski definition) is 2. The molecule has 0 spiro atoms. The van der Waals surface area contributed by atoms with E-state index in [9.17, 15) is 4.79 Å². The molecule has 0 saturated heterocycles. The van der Waals surface area contributed by atoms with Crippen LogP contribution in [0.15, 0.2) is 66.7 Å².